The maximum atomic E-state index is 14.0. The molecule has 2 aliphatic heterocycles. The third-order valence-corrected chi connectivity index (χ3v) is 7.90. The number of pyridine rings is 1. The van der Waals surface area contributed by atoms with Gasteiger partial charge in [-0.1, -0.05) is 44.2 Å². The van der Waals surface area contributed by atoms with Crippen LogP contribution in [-0.4, -0.2) is 57.3 Å². The molecular formula is C28H29FN6O2. The Kier molecular flexibility index (Phi) is 6.61. The molecule has 3 aromatic rings. The maximum Gasteiger partial charge on any atom is 0.228 e. The second-order valence-electron chi connectivity index (χ2n) is 10.1. The number of carbonyl (C=O) groups is 1. The number of likely N-dealkylation sites (tertiary alicyclic amines) is 1. The van der Waals surface area contributed by atoms with Crippen molar-refractivity contribution in [3.05, 3.63) is 83.6 Å². The summed E-state index contributed by atoms with van der Waals surface area (Å²) in [5.41, 5.74) is 0.689. The van der Waals surface area contributed by atoms with Crippen molar-refractivity contribution in [2.24, 2.45) is 17.8 Å². The van der Waals surface area contributed by atoms with Crippen molar-refractivity contribution in [2.75, 3.05) is 31.1 Å². The van der Waals surface area contributed by atoms with E-state index in [-0.39, 0.29) is 29.4 Å². The number of aromatic nitrogens is 3. The van der Waals surface area contributed by atoms with Crippen LogP contribution in [0.15, 0.2) is 60.8 Å². The normalized spacial score (nSPS) is 27.6. The van der Waals surface area contributed by atoms with Crippen LogP contribution in [0.25, 0.3) is 0 Å². The summed E-state index contributed by atoms with van der Waals surface area (Å²) < 4.78 is 13.6. The number of piperidine rings is 1. The van der Waals surface area contributed by atoms with Crippen LogP contribution in [0.1, 0.15) is 36.7 Å². The zero-order chi connectivity index (χ0) is 26.2. The number of carbonyl (C=O) groups excluding carboxylic acids is 1. The topological polar surface area (TPSA) is 106 Å². The third-order valence-electron chi connectivity index (χ3n) is 7.90. The van der Waals surface area contributed by atoms with Crippen molar-refractivity contribution in [1.82, 2.24) is 20.1 Å². The molecule has 1 unspecified atom stereocenters. The molecular weight excluding hydrogens is 471 g/mol. The van der Waals surface area contributed by atoms with Crippen LogP contribution in [-0.2, 0) is 10.4 Å². The van der Waals surface area contributed by atoms with Gasteiger partial charge in [0.25, 0.3) is 0 Å². The number of hydrogen-bond acceptors (Lipinski definition) is 7. The smallest absolute Gasteiger partial charge is 0.228 e. The molecule has 1 N–H and O–H groups in total. The van der Waals surface area contributed by atoms with Crippen molar-refractivity contribution in [3.8, 4) is 6.07 Å². The highest BCUT2D eigenvalue weighted by Crippen LogP contribution is 2.43. The summed E-state index contributed by atoms with van der Waals surface area (Å²) in [6, 6.07) is 17.9. The first-order chi connectivity index (χ1) is 17.8. The lowest BCUT2D eigenvalue weighted by Gasteiger charge is -2.48. The lowest BCUT2D eigenvalue weighted by molar-refractivity contribution is -0.152. The largest absolute Gasteiger partial charge is 0.384 e. The molecule has 2 aliphatic rings. The molecule has 2 saturated heterocycles. The van der Waals surface area contributed by atoms with Crippen LogP contribution < -0.4 is 4.90 Å². The summed E-state index contributed by atoms with van der Waals surface area (Å²) >= 11 is 0. The van der Waals surface area contributed by atoms with Gasteiger partial charge in [-0.3, -0.25) is 9.78 Å². The summed E-state index contributed by atoms with van der Waals surface area (Å²) in [6.07, 6.45) is 1.17. The average Bonchev–Trinajstić information content (AvgIpc) is 3.37. The van der Waals surface area contributed by atoms with E-state index in [0.717, 1.165) is 5.56 Å². The molecule has 37 heavy (non-hydrogen) atoms. The number of rotatable bonds is 4. The second-order valence-corrected chi connectivity index (χ2v) is 10.1. The first kappa shape index (κ1) is 24.8. The monoisotopic (exact) mass is 500 g/mol. The van der Waals surface area contributed by atoms with Gasteiger partial charge in [-0.05, 0) is 29.8 Å². The second kappa shape index (κ2) is 9.87. The molecule has 0 saturated carbocycles. The first-order valence-electron chi connectivity index (χ1n) is 12.5. The minimum absolute atomic E-state index is 0.0194. The predicted molar refractivity (Wildman–Crippen MR) is 135 cm³/mol. The van der Waals surface area contributed by atoms with Crippen LogP contribution in [0, 0.1) is 34.9 Å². The van der Waals surface area contributed by atoms with Crippen molar-refractivity contribution in [1.29, 1.82) is 5.26 Å². The molecule has 0 spiro atoms. The Morgan fingerprint density at radius 3 is 2.35 bits per heavy atom. The fraction of sp³-hybridized carbons (Fsp3) is 0.393. The number of anilines is 1. The van der Waals surface area contributed by atoms with E-state index in [4.69, 9.17) is 5.26 Å². The van der Waals surface area contributed by atoms with Gasteiger partial charge in [-0.25, -0.2) is 4.39 Å². The van der Waals surface area contributed by atoms with Gasteiger partial charge < -0.3 is 14.9 Å². The van der Waals surface area contributed by atoms with E-state index in [1.807, 2.05) is 60.0 Å². The molecule has 5 rings (SSSR count). The van der Waals surface area contributed by atoms with Crippen molar-refractivity contribution in [3.63, 3.8) is 0 Å². The summed E-state index contributed by atoms with van der Waals surface area (Å²) in [5, 5.41) is 28.9. The Hall–Kier alpha value is -3.90. The quantitative estimate of drug-likeness (QED) is 0.587. The van der Waals surface area contributed by atoms with Crippen LogP contribution >= 0.6 is 0 Å². The van der Waals surface area contributed by atoms with E-state index in [1.165, 1.54) is 12.3 Å². The number of nitrogens with zero attached hydrogens (tertiary/aromatic N) is 6. The van der Waals surface area contributed by atoms with Crippen molar-refractivity contribution in [2.45, 2.75) is 25.4 Å². The number of nitriles is 1. The molecule has 2 fully saturated rings. The van der Waals surface area contributed by atoms with Crippen LogP contribution in [0.5, 0.6) is 0 Å². The van der Waals surface area contributed by atoms with Gasteiger partial charge in [-0.2, -0.15) is 5.26 Å². The molecule has 1 amide bonds. The third kappa shape index (κ3) is 4.53. The molecule has 1 aromatic carbocycles. The van der Waals surface area contributed by atoms with Crippen LogP contribution in [0.3, 0.4) is 0 Å². The van der Waals surface area contributed by atoms with Gasteiger partial charge in [0.2, 0.25) is 5.91 Å². The molecule has 0 aliphatic carbocycles. The molecule has 0 radical (unpaired) electrons. The van der Waals surface area contributed by atoms with Crippen LogP contribution in [0.4, 0.5) is 10.2 Å². The zero-order valence-corrected chi connectivity index (χ0v) is 20.8. The number of benzene rings is 1. The molecule has 5 atom stereocenters. The van der Waals surface area contributed by atoms with Gasteiger partial charge in [0.15, 0.2) is 11.5 Å². The lowest BCUT2D eigenvalue weighted by Crippen LogP contribution is -2.57. The number of halogens is 1. The predicted octanol–water partition coefficient (Wildman–Crippen LogP) is 3.10. The van der Waals surface area contributed by atoms with E-state index in [9.17, 15) is 14.3 Å². The Morgan fingerprint density at radius 1 is 1.03 bits per heavy atom. The van der Waals surface area contributed by atoms with Crippen molar-refractivity contribution >= 4 is 11.7 Å². The number of aliphatic hydroxyl groups is 1. The highest BCUT2D eigenvalue weighted by Gasteiger charge is 2.49. The SMILES string of the molecule is C[C@@H]1CN(C(=O)[C@@H]2CN(c3ccc(C#N)nn3)C[C@H]2c2ccc(F)cn2)C[C@H](C)C1(O)c1ccccc1. The minimum atomic E-state index is -1.03. The van der Waals surface area contributed by atoms with Gasteiger partial charge in [0.05, 0.1) is 17.7 Å². The molecule has 0 bridgehead atoms. The Morgan fingerprint density at radius 2 is 1.76 bits per heavy atom. The highest BCUT2D eigenvalue weighted by atomic mass is 19.1. The van der Waals surface area contributed by atoms with Gasteiger partial charge in [0.1, 0.15) is 11.9 Å². The lowest BCUT2D eigenvalue weighted by atomic mass is 9.70. The van der Waals surface area contributed by atoms with E-state index in [0.29, 0.717) is 37.7 Å². The average molecular weight is 501 g/mol. The minimum Gasteiger partial charge on any atom is -0.384 e. The van der Waals surface area contributed by atoms with Gasteiger partial charge in [0, 0.05) is 49.6 Å². The van der Waals surface area contributed by atoms with E-state index >= 15 is 0 Å². The van der Waals surface area contributed by atoms with Gasteiger partial charge >= 0.3 is 0 Å². The highest BCUT2D eigenvalue weighted by molar-refractivity contribution is 5.81. The molecule has 8 nitrogen and oxygen atoms in total. The fourth-order valence-corrected chi connectivity index (χ4v) is 5.89. The van der Waals surface area contributed by atoms with Crippen molar-refractivity contribution < 1.29 is 14.3 Å². The van der Waals surface area contributed by atoms with E-state index in [2.05, 4.69) is 15.2 Å². The maximum absolute atomic E-state index is 14.0. The first-order valence-corrected chi connectivity index (χ1v) is 12.5. The summed E-state index contributed by atoms with van der Waals surface area (Å²) in [4.78, 5) is 22.1. The molecule has 9 heteroatoms. The standard InChI is InChI=1S/C28H29FN6O2/c1-18-14-35(15-19(2)28(18,37)20-6-4-3-5-7-20)27(36)24-17-34(26-11-9-22(12-30)32-33-26)16-23(24)25-10-8-21(29)13-31-25/h3-11,13,18-19,23-24,37H,14-17H2,1-2H3/t18-,19+,23-,24-,28?/m1/s1. The Balaban J connectivity index is 1.41. The molecule has 2 aromatic heterocycles. The Bertz CT molecular complexity index is 1280. The van der Waals surface area contributed by atoms with Crippen LogP contribution in [0.2, 0.25) is 0 Å². The summed E-state index contributed by atoms with van der Waals surface area (Å²) in [5.74, 6) is -0.935. The summed E-state index contributed by atoms with van der Waals surface area (Å²) in [7, 11) is 0. The van der Waals surface area contributed by atoms with E-state index < -0.39 is 17.3 Å². The number of hydrogen-bond donors (Lipinski definition) is 1. The molecule has 4 heterocycles. The Labute approximate surface area is 215 Å². The number of amides is 1. The summed E-state index contributed by atoms with van der Waals surface area (Å²) in [6.45, 7) is 5.66. The fourth-order valence-electron chi connectivity index (χ4n) is 5.89. The molecule has 190 valence electrons. The van der Waals surface area contributed by atoms with E-state index in [1.54, 1.807) is 18.2 Å². The zero-order valence-electron chi connectivity index (χ0n) is 20.8. The van der Waals surface area contributed by atoms with Gasteiger partial charge in [-0.15, -0.1) is 10.2 Å².